The van der Waals surface area contributed by atoms with Gasteiger partial charge in [-0.15, -0.1) is 0 Å². The first-order valence-corrected chi connectivity index (χ1v) is 9.32. The Morgan fingerprint density at radius 3 is 2.65 bits per heavy atom. The standard InChI is InChI=1S/C18H25ClN4O3/c19-15-3-1-14(2-4-15)16(23-7-9-26-10-8-23)11-21-18(25)13-22-6-5-20-17(24)12-22/h1-4,16H,5-13H2,(H,20,24)(H,21,25). The van der Waals surface area contributed by atoms with Crippen molar-refractivity contribution in [3.63, 3.8) is 0 Å². The van der Waals surface area contributed by atoms with Gasteiger partial charge in [-0.05, 0) is 17.7 Å². The van der Waals surface area contributed by atoms with E-state index in [4.69, 9.17) is 16.3 Å². The van der Waals surface area contributed by atoms with Crippen LogP contribution in [0.5, 0.6) is 0 Å². The zero-order valence-electron chi connectivity index (χ0n) is 14.7. The highest BCUT2D eigenvalue weighted by Crippen LogP contribution is 2.23. The number of benzene rings is 1. The van der Waals surface area contributed by atoms with E-state index in [1.165, 1.54) is 0 Å². The number of halogens is 1. The van der Waals surface area contributed by atoms with Crippen LogP contribution < -0.4 is 10.6 Å². The number of rotatable bonds is 6. The van der Waals surface area contributed by atoms with E-state index in [0.717, 1.165) is 18.7 Å². The molecule has 1 unspecified atom stereocenters. The highest BCUT2D eigenvalue weighted by Gasteiger charge is 2.24. The third-order valence-corrected chi connectivity index (χ3v) is 4.97. The van der Waals surface area contributed by atoms with E-state index in [1.807, 2.05) is 29.2 Å². The third kappa shape index (κ3) is 5.41. The van der Waals surface area contributed by atoms with Crippen LogP contribution in [0.3, 0.4) is 0 Å². The van der Waals surface area contributed by atoms with Gasteiger partial charge >= 0.3 is 0 Å². The van der Waals surface area contributed by atoms with Crippen molar-refractivity contribution < 1.29 is 14.3 Å². The minimum absolute atomic E-state index is 0.0311. The Bertz CT molecular complexity index is 619. The van der Waals surface area contributed by atoms with Crippen molar-refractivity contribution in [2.24, 2.45) is 0 Å². The summed E-state index contributed by atoms with van der Waals surface area (Å²) >= 11 is 6.01. The van der Waals surface area contributed by atoms with Crippen molar-refractivity contribution in [1.82, 2.24) is 20.4 Å². The fourth-order valence-corrected chi connectivity index (χ4v) is 3.45. The number of carbonyl (C=O) groups excluding carboxylic acids is 2. The van der Waals surface area contributed by atoms with E-state index in [9.17, 15) is 9.59 Å². The smallest absolute Gasteiger partial charge is 0.234 e. The maximum Gasteiger partial charge on any atom is 0.234 e. The van der Waals surface area contributed by atoms with E-state index in [1.54, 1.807) is 0 Å². The highest BCUT2D eigenvalue weighted by molar-refractivity contribution is 6.30. The minimum Gasteiger partial charge on any atom is -0.379 e. The average Bonchev–Trinajstić information content (AvgIpc) is 2.64. The van der Waals surface area contributed by atoms with Crippen LogP contribution in [0.1, 0.15) is 11.6 Å². The largest absolute Gasteiger partial charge is 0.379 e. The molecule has 2 amide bonds. The Balaban J connectivity index is 1.58. The fourth-order valence-electron chi connectivity index (χ4n) is 3.33. The van der Waals surface area contributed by atoms with Crippen molar-refractivity contribution >= 4 is 23.4 Å². The van der Waals surface area contributed by atoms with Gasteiger partial charge in [-0.2, -0.15) is 0 Å². The third-order valence-electron chi connectivity index (χ3n) is 4.72. The number of morpholine rings is 1. The maximum atomic E-state index is 12.3. The van der Waals surface area contributed by atoms with Crippen molar-refractivity contribution in [3.05, 3.63) is 34.9 Å². The molecule has 0 aromatic heterocycles. The molecule has 3 rings (SSSR count). The molecule has 0 radical (unpaired) electrons. The van der Waals surface area contributed by atoms with Crippen LogP contribution >= 0.6 is 11.6 Å². The van der Waals surface area contributed by atoms with Crippen molar-refractivity contribution in [1.29, 1.82) is 0 Å². The molecule has 2 aliphatic heterocycles. The van der Waals surface area contributed by atoms with Gasteiger partial charge in [-0.3, -0.25) is 19.4 Å². The molecule has 1 atom stereocenters. The monoisotopic (exact) mass is 380 g/mol. The van der Waals surface area contributed by atoms with Gasteiger partial charge in [0.25, 0.3) is 0 Å². The Morgan fingerprint density at radius 2 is 1.96 bits per heavy atom. The maximum absolute atomic E-state index is 12.3. The summed E-state index contributed by atoms with van der Waals surface area (Å²) in [4.78, 5) is 28.0. The van der Waals surface area contributed by atoms with Crippen molar-refractivity contribution in [2.45, 2.75) is 6.04 Å². The van der Waals surface area contributed by atoms with Gasteiger partial charge in [-0.1, -0.05) is 23.7 Å². The van der Waals surface area contributed by atoms with Gasteiger partial charge in [0.2, 0.25) is 11.8 Å². The molecule has 2 saturated heterocycles. The number of piperazine rings is 1. The molecule has 2 aliphatic rings. The first-order valence-electron chi connectivity index (χ1n) is 8.95. The van der Waals surface area contributed by atoms with Crippen LogP contribution in [0.15, 0.2) is 24.3 Å². The fraction of sp³-hybridized carbons (Fsp3) is 0.556. The summed E-state index contributed by atoms with van der Waals surface area (Å²) in [6, 6.07) is 7.83. The number of hydrogen-bond acceptors (Lipinski definition) is 5. The second-order valence-electron chi connectivity index (χ2n) is 6.58. The number of nitrogens with zero attached hydrogens (tertiary/aromatic N) is 2. The molecule has 0 aliphatic carbocycles. The SMILES string of the molecule is O=C1CN(CC(=O)NCC(c2ccc(Cl)cc2)N2CCOCC2)CCN1. The predicted octanol–water partition coefficient (Wildman–Crippen LogP) is 0.261. The summed E-state index contributed by atoms with van der Waals surface area (Å²) in [5, 5.41) is 6.49. The van der Waals surface area contributed by atoms with E-state index >= 15 is 0 Å². The molecule has 1 aromatic rings. The Hall–Kier alpha value is -1.67. The van der Waals surface area contributed by atoms with Crippen LogP contribution in [0.4, 0.5) is 0 Å². The molecular weight excluding hydrogens is 356 g/mol. The molecule has 2 N–H and O–H groups in total. The Morgan fingerprint density at radius 1 is 1.23 bits per heavy atom. The molecule has 142 valence electrons. The molecule has 7 nitrogen and oxygen atoms in total. The molecule has 26 heavy (non-hydrogen) atoms. The van der Waals surface area contributed by atoms with Crippen molar-refractivity contribution in [2.75, 3.05) is 59.0 Å². The molecule has 0 spiro atoms. The number of hydrogen-bond donors (Lipinski definition) is 2. The summed E-state index contributed by atoms with van der Waals surface area (Å²) in [7, 11) is 0. The van der Waals surface area contributed by atoms with Gasteiger partial charge in [-0.25, -0.2) is 0 Å². The van der Waals surface area contributed by atoms with Crippen LogP contribution in [-0.2, 0) is 14.3 Å². The number of nitrogens with one attached hydrogen (secondary N) is 2. The Labute approximate surface area is 158 Å². The second-order valence-corrected chi connectivity index (χ2v) is 7.02. The van der Waals surface area contributed by atoms with Crippen LogP contribution in [0.25, 0.3) is 0 Å². The lowest BCUT2D eigenvalue weighted by Crippen LogP contribution is -2.51. The predicted molar refractivity (Wildman–Crippen MR) is 99.0 cm³/mol. The molecule has 8 heteroatoms. The lowest BCUT2D eigenvalue weighted by Gasteiger charge is -2.35. The number of ether oxygens (including phenoxy) is 1. The van der Waals surface area contributed by atoms with Crippen LogP contribution in [0.2, 0.25) is 5.02 Å². The molecule has 2 fully saturated rings. The van der Waals surface area contributed by atoms with E-state index < -0.39 is 0 Å². The molecular formula is C18H25ClN4O3. The summed E-state index contributed by atoms with van der Waals surface area (Å²) in [6.07, 6.45) is 0. The minimum atomic E-state index is -0.0630. The number of amides is 2. The van der Waals surface area contributed by atoms with E-state index in [-0.39, 0.29) is 30.9 Å². The Kier molecular flexibility index (Phi) is 6.85. The van der Waals surface area contributed by atoms with Gasteiger partial charge in [0.05, 0.1) is 32.3 Å². The van der Waals surface area contributed by atoms with Gasteiger partial charge in [0.15, 0.2) is 0 Å². The summed E-state index contributed by atoms with van der Waals surface area (Å²) in [6.45, 7) is 5.37. The summed E-state index contributed by atoms with van der Waals surface area (Å²) in [5.74, 6) is -0.0941. The summed E-state index contributed by atoms with van der Waals surface area (Å²) in [5.41, 5.74) is 1.12. The second kappa shape index (κ2) is 9.32. The zero-order chi connectivity index (χ0) is 18.4. The lowest BCUT2D eigenvalue weighted by atomic mass is 10.0. The van der Waals surface area contributed by atoms with Crippen LogP contribution in [0, 0.1) is 0 Å². The first-order chi connectivity index (χ1) is 12.6. The topological polar surface area (TPSA) is 73.9 Å². The molecule has 1 aromatic carbocycles. The van der Waals surface area contributed by atoms with Crippen LogP contribution in [-0.4, -0.2) is 80.6 Å². The van der Waals surface area contributed by atoms with E-state index in [2.05, 4.69) is 15.5 Å². The lowest BCUT2D eigenvalue weighted by molar-refractivity contribution is -0.127. The van der Waals surface area contributed by atoms with Crippen molar-refractivity contribution in [3.8, 4) is 0 Å². The molecule has 2 heterocycles. The quantitative estimate of drug-likeness (QED) is 0.740. The highest BCUT2D eigenvalue weighted by atomic mass is 35.5. The van der Waals surface area contributed by atoms with Gasteiger partial charge in [0, 0.05) is 37.7 Å². The normalized spacial score (nSPS) is 20.4. The van der Waals surface area contributed by atoms with E-state index in [0.29, 0.717) is 37.9 Å². The average molecular weight is 381 g/mol. The first kappa shape index (κ1) is 19.1. The molecule has 0 bridgehead atoms. The zero-order valence-corrected chi connectivity index (χ0v) is 15.5. The van der Waals surface area contributed by atoms with Gasteiger partial charge < -0.3 is 15.4 Å². The summed E-state index contributed by atoms with van der Waals surface area (Å²) < 4.78 is 5.45. The molecule has 0 saturated carbocycles. The number of carbonyl (C=O) groups is 2. The van der Waals surface area contributed by atoms with Gasteiger partial charge in [0.1, 0.15) is 0 Å².